The van der Waals surface area contributed by atoms with Crippen LogP contribution in [0.3, 0.4) is 0 Å². The average Bonchev–Trinajstić information content (AvgIpc) is 2.98. The average molecular weight is 257 g/mol. The number of pyridine rings is 1. The number of rotatable bonds is 3. The SMILES string of the molecule is Cc1cnc(C(C)Nc2nccc3c2ncn3C)o1. The molecule has 3 heterocycles. The highest BCUT2D eigenvalue weighted by atomic mass is 16.4. The van der Waals surface area contributed by atoms with Gasteiger partial charge < -0.3 is 14.3 Å². The van der Waals surface area contributed by atoms with Crippen LogP contribution >= 0.6 is 0 Å². The number of oxazole rings is 1. The molecule has 0 aliphatic rings. The predicted octanol–water partition coefficient (Wildman–Crippen LogP) is 2.44. The summed E-state index contributed by atoms with van der Waals surface area (Å²) in [4.78, 5) is 12.9. The quantitative estimate of drug-likeness (QED) is 0.780. The zero-order chi connectivity index (χ0) is 13.4. The zero-order valence-corrected chi connectivity index (χ0v) is 11.1. The summed E-state index contributed by atoms with van der Waals surface area (Å²) < 4.78 is 7.47. The summed E-state index contributed by atoms with van der Waals surface area (Å²) in [7, 11) is 1.96. The van der Waals surface area contributed by atoms with Crippen LogP contribution in [0.5, 0.6) is 0 Å². The lowest BCUT2D eigenvalue weighted by Crippen LogP contribution is -2.08. The van der Waals surface area contributed by atoms with E-state index < -0.39 is 0 Å². The van der Waals surface area contributed by atoms with Crippen molar-refractivity contribution >= 4 is 16.9 Å². The summed E-state index contributed by atoms with van der Waals surface area (Å²) in [5, 5.41) is 3.28. The van der Waals surface area contributed by atoms with Gasteiger partial charge in [0.2, 0.25) is 5.89 Å². The molecule has 0 aliphatic carbocycles. The van der Waals surface area contributed by atoms with Crippen molar-refractivity contribution in [3.05, 3.63) is 36.4 Å². The number of anilines is 1. The van der Waals surface area contributed by atoms with Crippen LogP contribution in [-0.4, -0.2) is 19.5 Å². The summed E-state index contributed by atoms with van der Waals surface area (Å²) in [6.07, 6.45) is 5.25. The van der Waals surface area contributed by atoms with Gasteiger partial charge in [-0.25, -0.2) is 15.0 Å². The minimum absolute atomic E-state index is 0.0613. The predicted molar refractivity (Wildman–Crippen MR) is 71.8 cm³/mol. The Kier molecular flexibility index (Phi) is 2.70. The first-order valence-corrected chi connectivity index (χ1v) is 6.10. The highest BCUT2D eigenvalue weighted by Gasteiger charge is 2.14. The standard InChI is InChI=1S/C13H15N5O/c1-8-6-15-13(19-8)9(2)17-12-11-10(4-5-14-12)18(3)7-16-11/h4-7,9H,1-3H3,(H,14,17). The van der Waals surface area contributed by atoms with E-state index >= 15 is 0 Å². The van der Waals surface area contributed by atoms with Crippen LogP contribution in [0, 0.1) is 6.92 Å². The molecule has 0 radical (unpaired) electrons. The topological polar surface area (TPSA) is 68.8 Å². The van der Waals surface area contributed by atoms with E-state index in [9.17, 15) is 0 Å². The van der Waals surface area contributed by atoms with Gasteiger partial charge in [0, 0.05) is 13.2 Å². The fourth-order valence-electron chi connectivity index (χ4n) is 2.01. The number of aryl methyl sites for hydroxylation is 2. The monoisotopic (exact) mass is 257 g/mol. The van der Waals surface area contributed by atoms with Gasteiger partial charge in [0.05, 0.1) is 18.0 Å². The smallest absolute Gasteiger partial charge is 0.216 e. The van der Waals surface area contributed by atoms with E-state index in [1.807, 2.05) is 31.5 Å². The first kappa shape index (κ1) is 11.7. The molecule has 0 amide bonds. The third-order valence-electron chi connectivity index (χ3n) is 3.01. The molecule has 3 rings (SSSR count). The lowest BCUT2D eigenvalue weighted by Gasteiger charge is -2.11. The molecule has 0 aliphatic heterocycles. The maximum absolute atomic E-state index is 5.51. The second kappa shape index (κ2) is 4.38. The molecule has 1 N–H and O–H groups in total. The Balaban J connectivity index is 1.93. The Hall–Kier alpha value is -2.37. The summed E-state index contributed by atoms with van der Waals surface area (Å²) in [6, 6.07) is 1.88. The van der Waals surface area contributed by atoms with Crippen LogP contribution in [0.4, 0.5) is 5.82 Å². The number of imidazole rings is 1. The number of nitrogens with one attached hydrogen (secondary N) is 1. The van der Waals surface area contributed by atoms with Gasteiger partial charge in [0.25, 0.3) is 0 Å². The zero-order valence-electron chi connectivity index (χ0n) is 11.1. The molecule has 0 saturated carbocycles. The number of hydrogen-bond acceptors (Lipinski definition) is 5. The number of aromatic nitrogens is 4. The highest BCUT2D eigenvalue weighted by molar-refractivity contribution is 5.85. The van der Waals surface area contributed by atoms with E-state index in [0.29, 0.717) is 5.89 Å². The second-order valence-corrected chi connectivity index (χ2v) is 4.56. The number of hydrogen-bond donors (Lipinski definition) is 1. The van der Waals surface area contributed by atoms with E-state index in [1.54, 1.807) is 18.7 Å². The van der Waals surface area contributed by atoms with E-state index in [1.165, 1.54) is 0 Å². The molecular formula is C13H15N5O. The van der Waals surface area contributed by atoms with E-state index in [0.717, 1.165) is 22.6 Å². The summed E-state index contributed by atoms with van der Waals surface area (Å²) in [5.41, 5.74) is 1.88. The minimum Gasteiger partial charge on any atom is -0.444 e. The molecule has 3 aromatic heterocycles. The fourth-order valence-corrected chi connectivity index (χ4v) is 2.01. The van der Waals surface area contributed by atoms with Crippen LogP contribution in [0.25, 0.3) is 11.0 Å². The van der Waals surface area contributed by atoms with Crippen LogP contribution in [0.1, 0.15) is 24.6 Å². The third-order valence-corrected chi connectivity index (χ3v) is 3.01. The van der Waals surface area contributed by atoms with Crippen molar-refractivity contribution in [2.24, 2.45) is 7.05 Å². The van der Waals surface area contributed by atoms with E-state index in [-0.39, 0.29) is 6.04 Å². The van der Waals surface area contributed by atoms with Gasteiger partial charge in [-0.3, -0.25) is 0 Å². The first-order chi connectivity index (χ1) is 9.15. The molecular weight excluding hydrogens is 242 g/mol. The second-order valence-electron chi connectivity index (χ2n) is 4.56. The van der Waals surface area contributed by atoms with Crippen molar-refractivity contribution in [1.82, 2.24) is 19.5 Å². The molecule has 6 heteroatoms. The van der Waals surface area contributed by atoms with Crippen molar-refractivity contribution < 1.29 is 4.42 Å². The van der Waals surface area contributed by atoms with Gasteiger partial charge >= 0.3 is 0 Å². The molecule has 0 spiro atoms. The number of nitrogens with zero attached hydrogens (tertiary/aromatic N) is 4. The van der Waals surface area contributed by atoms with Crippen molar-refractivity contribution in [2.75, 3.05) is 5.32 Å². The van der Waals surface area contributed by atoms with Gasteiger partial charge in [-0.1, -0.05) is 0 Å². The Morgan fingerprint density at radius 3 is 2.89 bits per heavy atom. The van der Waals surface area contributed by atoms with Gasteiger partial charge in [-0.2, -0.15) is 0 Å². The van der Waals surface area contributed by atoms with Crippen LogP contribution in [0.2, 0.25) is 0 Å². The molecule has 0 aromatic carbocycles. The van der Waals surface area contributed by atoms with Crippen molar-refractivity contribution in [3.8, 4) is 0 Å². The van der Waals surface area contributed by atoms with Crippen LogP contribution in [-0.2, 0) is 7.05 Å². The summed E-state index contributed by atoms with van der Waals surface area (Å²) in [5.74, 6) is 2.18. The fraction of sp³-hybridized carbons (Fsp3) is 0.308. The van der Waals surface area contributed by atoms with E-state index in [2.05, 4.69) is 20.3 Å². The van der Waals surface area contributed by atoms with Gasteiger partial charge in [-0.05, 0) is 19.9 Å². The van der Waals surface area contributed by atoms with Crippen molar-refractivity contribution in [2.45, 2.75) is 19.9 Å². The molecule has 0 saturated heterocycles. The molecule has 1 unspecified atom stereocenters. The van der Waals surface area contributed by atoms with Gasteiger partial charge in [-0.15, -0.1) is 0 Å². The molecule has 3 aromatic rings. The van der Waals surface area contributed by atoms with Gasteiger partial charge in [0.1, 0.15) is 17.3 Å². The van der Waals surface area contributed by atoms with Gasteiger partial charge in [0.15, 0.2) is 5.82 Å². The lowest BCUT2D eigenvalue weighted by atomic mass is 10.3. The Bertz CT molecular complexity index is 715. The summed E-state index contributed by atoms with van der Waals surface area (Å²) in [6.45, 7) is 3.86. The van der Waals surface area contributed by atoms with Crippen LogP contribution < -0.4 is 5.32 Å². The molecule has 6 nitrogen and oxygen atoms in total. The Labute approximate surface area is 110 Å². The largest absolute Gasteiger partial charge is 0.444 e. The Morgan fingerprint density at radius 1 is 1.32 bits per heavy atom. The third kappa shape index (κ3) is 2.05. The maximum atomic E-state index is 5.51. The van der Waals surface area contributed by atoms with Crippen LogP contribution in [0.15, 0.2) is 29.2 Å². The minimum atomic E-state index is -0.0613. The van der Waals surface area contributed by atoms with Crippen molar-refractivity contribution in [1.29, 1.82) is 0 Å². The lowest BCUT2D eigenvalue weighted by molar-refractivity contribution is 0.453. The molecule has 1 atom stereocenters. The Morgan fingerprint density at radius 2 is 2.16 bits per heavy atom. The van der Waals surface area contributed by atoms with E-state index in [4.69, 9.17) is 4.42 Å². The number of fused-ring (bicyclic) bond motifs is 1. The molecule has 19 heavy (non-hydrogen) atoms. The van der Waals surface area contributed by atoms with Crippen molar-refractivity contribution in [3.63, 3.8) is 0 Å². The molecule has 0 bridgehead atoms. The summed E-state index contributed by atoms with van der Waals surface area (Å²) >= 11 is 0. The first-order valence-electron chi connectivity index (χ1n) is 6.10. The highest BCUT2D eigenvalue weighted by Crippen LogP contribution is 2.23. The molecule has 0 fully saturated rings. The maximum Gasteiger partial charge on any atom is 0.216 e. The molecule has 98 valence electrons. The normalized spacial score (nSPS) is 12.8.